The number of hydrogen-bond donors (Lipinski definition) is 0. The normalized spacial score (nSPS) is 14.0. The first-order valence-corrected chi connectivity index (χ1v) is 9.57. The van der Waals surface area contributed by atoms with Crippen LogP contribution in [-0.4, -0.2) is 39.4 Å². The molecule has 1 aliphatic heterocycles. The van der Waals surface area contributed by atoms with Gasteiger partial charge in [0.25, 0.3) is 23.6 Å². The number of aromatic nitrogens is 2. The van der Waals surface area contributed by atoms with E-state index < -0.39 is 23.9 Å². The number of thiophene rings is 1. The van der Waals surface area contributed by atoms with Gasteiger partial charge in [-0.15, -0.1) is 28.1 Å². The Morgan fingerprint density at radius 2 is 2.07 bits per heavy atom. The molecule has 0 radical (unpaired) electrons. The van der Waals surface area contributed by atoms with E-state index in [0.29, 0.717) is 5.89 Å². The van der Waals surface area contributed by atoms with Crippen molar-refractivity contribution in [1.29, 1.82) is 0 Å². The van der Waals surface area contributed by atoms with Gasteiger partial charge in [0.1, 0.15) is 0 Å². The summed E-state index contributed by atoms with van der Waals surface area (Å²) in [6.45, 7) is 5.25. The SMILES string of the molecule is C=CCN1C(=O)c2ccc(C(=O)O[C@@H](C)c3nnc(-c4cccs4)o3)cc2C1=O. The third-order valence-electron chi connectivity index (χ3n) is 4.32. The maximum absolute atomic E-state index is 12.5. The number of ether oxygens (including phenoxy) is 1. The second kappa shape index (κ2) is 7.44. The van der Waals surface area contributed by atoms with Gasteiger partial charge in [-0.25, -0.2) is 4.79 Å². The van der Waals surface area contributed by atoms with Crippen LogP contribution in [0, 0.1) is 0 Å². The number of amides is 2. The maximum Gasteiger partial charge on any atom is 0.338 e. The number of nitrogens with zero attached hydrogens (tertiary/aromatic N) is 3. The van der Waals surface area contributed by atoms with Gasteiger partial charge in [-0.2, -0.15) is 0 Å². The number of carbonyl (C=O) groups is 3. The smallest absolute Gasteiger partial charge is 0.338 e. The number of esters is 1. The van der Waals surface area contributed by atoms with Gasteiger partial charge in [-0.05, 0) is 36.6 Å². The van der Waals surface area contributed by atoms with Crippen LogP contribution in [0.5, 0.6) is 0 Å². The Morgan fingerprint density at radius 1 is 1.28 bits per heavy atom. The van der Waals surface area contributed by atoms with E-state index in [2.05, 4.69) is 16.8 Å². The third-order valence-corrected chi connectivity index (χ3v) is 5.18. The van der Waals surface area contributed by atoms with Crippen LogP contribution in [0.15, 0.2) is 52.8 Å². The first kappa shape index (κ1) is 18.8. The topological polar surface area (TPSA) is 103 Å². The zero-order valence-electron chi connectivity index (χ0n) is 15.3. The fourth-order valence-electron chi connectivity index (χ4n) is 2.89. The van der Waals surface area contributed by atoms with E-state index in [1.807, 2.05) is 17.5 Å². The number of imide groups is 1. The molecule has 3 aromatic rings. The number of rotatable bonds is 6. The minimum Gasteiger partial charge on any atom is -0.449 e. The lowest BCUT2D eigenvalue weighted by Crippen LogP contribution is -2.29. The van der Waals surface area contributed by atoms with Gasteiger partial charge >= 0.3 is 5.97 Å². The highest BCUT2D eigenvalue weighted by atomic mass is 32.1. The average molecular weight is 409 g/mol. The lowest BCUT2D eigenvalue weighted by atomic mass is 10.1. The molecule has 2 aromatic heterocycles. The second-order valence-corrected chi connectivity index (χ2v) is 7.19. The van der Waals surface area contributed by atoms with E-state index in [0.717, 1.165) is 9.78 Å². The van der Waals surface area contributed by atoms with Crippen molar-refractivity contribution in [2.24, 2.45) is 0 Å². The van der Waals surface area contributed by atoms with Crippen molar-refractivity contribution in [3.05, 3.63) is 70.9 Å². The summed E-state index contributed by atoms with van der Waals surface area (Å²) in [5.41, 5.74) is 0.561. The van der Waals surface area contributed by atoms with Gasteiger partial charge in [0.2, 0.25) is 0 Å². The molecule has 146 valence electrons. The van der Waals surface area contributed by atoms with Crippen LogP contribution in [0.25, 0.3) is 10.8 Å². The van der Waals surface area contributed by atoms with Crippen molar-refractivity contribution in [3.63, 3.8) is 0 Å². The Bertz CT molecular complexity index is 1120. The van der Waals surface area contributed by atoms with E-state index >= 15 is 0 Å². The molecule has 1 aliphatic rings. The highest BCUT2D eigenvalue weighted by molar-refractivity contribution is 7.13. The average Bonchev–Trinajstić information content (AvgIpc) is 3.45. The molecule has 1 atom stereocenters. The van der Waals surface area contributed by atoms with Gasteiger partial charge in [0, 0.05) is 6.54 Å². The number of fused-ring (bicyclic) bond motifs is 1. The fraction of sp³-hybridized carbons (Fsp3) is 0.150. The summed E-state index contributed by atoms with van der Waals surface area (Å²) in [4.78, 5) is 39.1. The zero-order valence-corrected chi connectivity index (χ0v) is 16.1. The molecule has 3 heterocycles. The van der Waals surface area contributed by atoms with Crippen LogP contribution < -0.4 is 0 Å². The zero-order chi connectivity index (χ0) is 20.5. The Labute approximate surface area is 169 Å². The molecule has 0 bridgehead atoms. The van der Waals surface area contributed by atoms with Gasteiger partial charge in [0.05, 0.1) is 21.6 Å². The fourth-order valence-corrected chi connectivity index (χ4v) is 3.53. The maximum atomic E-state index is 12.5. The molecule has 0 spiro atoms. The van der Waals surface area contributed by atoms with E-state index in [4.69, 9.17) is 9.15 Å². The molecule has 0 N–H and O–H groups in total. The molecule has 1 aromatic carbocycles. The lowest BCUT2D eigenvalue weighted by Gasteiger charge is -2.10. The highest BCUT2D eigenvalue weighted by Gasteiger charge is 2.35. The number of benzene rings is 1. The third kappa shape index (κ3) is 3.36. The van der Waals surface area contributed by atoms with E-state index in [-0.39, 0.29) is 29.1 Å². The van der Waals surface area contributed by atoms with Crippen LogP contribution in [0.3, 0.4) is 0 Å². The minimum absolute atomic E-state index is 0.104. The standard InChI is InChI=1S/C20H15N3O5S/c1-3-8-23-18(24)13-7-6-12(10-14(13)19(23)25)20(26)27-11(2)16-21-22-17(28-16)15-5-4-9-29-15/h3-7,9-11H,1,8H2,2H3/t11-/m0/s1. The predicted octanol–water partition coefficient (Wildman–Crippen LogP) is 3.50. The van der Waals surface area contributed by atoms with Crippen molar-refractivity contribution in [2.75, 3.05) is 6.54 Å². The summed E-state index contributed by atoms with van der Waals surface area (Å²) < 4.78 is 11.0. The van der Waals surface area contributed by atoms with Gasteiger partial charge in [-0.1, -0.05) is 12.1 Å². The van der Waals surface area contributed by atoms with Crippen LogP contribution in [0.1, 0.15) is 50.0 Å². The summed E-state index contributed by atoms with van der Waals surface area (Å²) in [5, 5.41) is 9.77. The Hall–Kier alpha value is -3.59. The molecule has 0 saturated heterocycles. The molecule has 4 rings (SSSR count). The number of hydrogen-bond acceptors (Lipinski definition) is 8. The summed E-state index contributed by atoms with van der Waals surface area (Å²) >= 11 is 1.45. The summed E-state index contributed by atoms with van der Waals surface area (Å²) in [6.07, 6.45) is 0.680. The Morgan fingerprint density at radius 3 is 2.79 bits per heavy atom. The van der Waals surface area contributed by atoms with Crippen LogP contribution >= 0.6 is 11.3 Å². The van der Waals surface area contributed by atoms with Crippen molar-refractivity contribution < 1.29 is 23.5 Å². The molecular weight excluding hydrogens is 394 g/mol. The van der Waals surface area contributed by atoms with Gasteiger partial charge in [-0.3, -0.25) is 14.5 Å². The van der Waals surface area contributed by atoms with E-state index in [1.165, 1.54) is 35.6 Å². The van der Waals surface area contributed by atoms with Crippen molar-refractivity contribution >= 4 is 29.1 Å². The molecule has 0 fully saturated rings. The first-order chi connectivity index (χ1) is 14.0. The lowest BCUT2D eigenvalue weighted by molar-refractivity contribution is 0.0279. The van der Waals surface area contributed by atoms with Crippen molar-refractivity contribution in [2.45, 2.75) is 13.0 Å². The first-order valence-electron chi connectivity index (χ1n) is 8.69. The van der Waals surface area contributed by atoms with Crippen LogP contribution in [0.4, 0.5) is 0 Å². The Balaban J connectivity index is 1.50. The molecule has 0 unspecified atom stereocenters. The summed E-state index contributed by atoms with van der Waals surface area (Å²) in [5.74, 6) is -1.04. The molecule has 8 nitrogen and oxygen atoms in total. The quantitative estimate of drug-likeness (QED) is 0.349. The van der Waals surface area contributed by atoms with Gasteiger partial charge in [0.15, 0.2) is 6.10 Å². The summed E-state index contributed by atoms with van der Waals surface area (Å²) in [7, 11) is 0. The van der Waals surface area contributed by atoms with Crippen LogP contribution in [0.2, 0.25) is 0 Å². The Kier molecular flexibility index (Phi) is 4.81. The summed E-state index contributed by atoms with van der Waals surface area (Å²) in [6, 6.07) is 7.96. The van der Waals surface area contributed by atoms with Crippen molar-refractivity contribution in [3.8, 4) is 10.8 Å². The number of carbonyl (C=O) groups excluding carboxylic acids is 3. The van der Waals surface area contributed by atoms with Crippen LogP contribution in [-0.2, 0) is 4.74 Å². The highest BCUT2D eigenvalue weighted by Crippen LogP contribution is 2.27. The molecule has 0 saturated carbocycles. The molecule has 9 heteroatoms. The molecular formula is C20H15N3O5S. The predicted molar refractivity (Wildman–Crippen MR) is 103 cm³/mol. The van der Waals surface area contributed by atoms with E-state index in [1.54, 1.807) is 6.92 Å². The molecule has 2 amide bonds. The monoisotopic (exact) mass is 409 g/mol. The second-order valence-electron chi connectivity index (χ2n) is 6.24. The van der Waals surface area contributed by atoms with Gasteiger partial charge < -0.3 is 9.15 Å². The minimum atomic E-state index is -0.786. The molecule has 29 heavy (non-hydrogen) atoms. The largest absolute Gasteiger partial charge is 0.449 e. The van der Waals surface area contributed by atoms with E-state index in [9.17, 15) is 14.4 Å². The molecule has 0 aliphatic carbocycles. The van der Waals surface area contributed by atoms with Crippen molar-refractivity contribution in [1.82, 2.24) is 15.1 Å².